The highest BCUT2D eigenvalue weighted by Crippen LogP contribution is 2.55. The first-order chi connectivity index (χ1) is 24.1. The van der Waals surface area contributed by atoms with Crippen LogP contribution in [-0.4, -0.2) is 0 Å². The number of nitrogens with zero attached hydrogens (tertiary/aromatic N) is 1. The maximum atomic E-state index is 3.90. The number of allylic oxidation sites excluding steroid dienone is 4. The van der Waals surface area contributed by atoms with Crippen LogP contribution >= 0.6 is 0 Å². The lowest BCUT2D eigenvalue weighted by Crippen LogP contribution is -2.25. The van der Waals surface area contributed by atoms with Gasteiger partial charge in [0.05, 0.1) is 0 Å². The smallest absolute Gasteiger partial charge is 0.107 e. The molecule has 3 aliphatic carbocycles. The maximum absolute atomic E-state index is 3.90. The van der Waals surface area contributed by atoms with Gasteiger partial charge in [0.15, 0.2) is 0 Å². The van der Waals surface area contributed by atoms with Crippen molar-refractivity contribution in [3.05, 3.63) is 198 Å². The van der Waals surface area contributed by atoms with Crippen molar-refractivity contribution in [2.45, 2.75) is 31.1 Å². The summed E-state index contributed by atoms with van der Waals surface area (Å²) in [5.74, 6) is 7.82. The lowest BCUT2D eigenvalue weighted by atomic mass is 9.72. The zero-order valence-electron chi connectivity index (χ0n) is 27.9. The molecule has 0 heterocycles. The third kappa shape index (κ3) is 4.56. The number of benzene rings is 6. The third-order valence-corrected chi connectivity index (χ3v) is 10.8. The van der Waals surface area contributed by atoms with Crippen LogP contribution in [0.15, 0.2) is 170 Å². The summed E-state index contributed by atoms with van der Waals surface area (Å²) in [6.45, 7) is 4.70. The van der Waals surface area contributed by atoms with Crippen LogP contribution in [-0.2, 0) is 10.8 Å². The molecule has 6 aromatic carbocycles. The van der Waals surface area contributed by atoms with Crippen molar-refractivity contribution in [1.29, 1.82) is 0 Å². The van der Waals surface area contributed by atoms with Crippen LogP contribution in [0, 0.1) is 17.8 Å². The number of fused-ring (bicyclic) bond motifs is 6. The van der Waals surface area contributed by atoms with E-state index in [1.807, 2.05) is 0 Å². The van der Waals surface area contributed by atoms with Gasteiger partial charge in [-0.25, -0.2) is 0 Å². The first kappa shape index (κ1) is 29.3. The van der Waals surface area contributed by atoms with E-state index in [1.165, 1.54) is 50.1 Å². The highest BCUT2D eigenvalue weighted by molar-refractivity contribution is 5.91. The normalized spacial score (nSPS) is 18.9. The Morgan fingerprint density at radius 3 is 1.90 bits per heavy atom. The van der Waals surface area contributed by atoms with Crippen LogP contribution in [0.5, 0.6) is 0 Å². The van der Waals surface area contributed by atoms with Crippen LogP contribution in [0.1, 0.15) is 48.1 Å². The Bertz CT molecular complexity index is 2350. The van der Waals surface area contributed by atoms with Crippen molar-refractivity contribution in [1.82, 2.24) is 0 Å². The summed E-state index contributed by atoms with van der Waals surface area (Å²) in [7, 11) is 0. The molecule has 6 aromatic rings. The minimum Gasteiger partial charge on any atom is -0.310 e. The van der Waals surface area contributed by atoms with Gasteiger partial charge in [-0.2, -0.15) is 0 Å². The summed E-state index contributed by atoms with van der Waals surface area (Å²) >= 11 is 0. The average molecular weight is 628 g/mol. The van der Waals surface area contributed by atoms with Gasteiger partial charge in [0.2, 0.25) is 0 Å². The van der Waals surface area contributed by atoms with E-state index in [0.717, 1.165) is 23.5 Å². The van der Waals surface area contributed by atoms with E-state index in [0.29, 0.717) is 0 Å². The van der Waals surface area contributed by atoms with Crippen molar-refractivity contribution in [2.24, 2.45) is 5.92 Å². The molecule has 0 aliphatic heterocycles. The van der Waals surface area contributed by atoms with Crippen molar-refractivity contribution in [3.63, 3.8) is 0 Å². The molecule has 9 rings (SSSR count). The highest BCUT2D eigenvalue weighted by Gasteiger charge is 2.44. The first-order valence-electron chi connectivity index (χ1n) is 17.3. The maximum Gasteiger partial charge on any atom is 0.107 e. The van der Waals surface area contributed by atoms with Crippen LogP contribution < -0.4 is 4.90 Å². The second kappa shape index (κ2) is 11.4. The van der Waals surface area contributed by atoms with Gasteiger partial charge in [-0.05, 0) is 92.9 Å². The molecule has 2 unspecified atom stereocenters. The van der Waals surface area contributed by atoms with Gasteiger partial charge >= 0.3 is 0 Å². The topological polar surface area (TPSA) is 3.24 Å². The van der Waals surface area contributed by atoms with Gasteiger partial charge in [-0.15, -0.1) is 0 Å². The Morgan fingerprint density at radius 2 is 1.14 bits per heavy atom. The van der Waals surface area contributed by atoms with Gasteiger partial charge in [-0.3, -0.25) is 0 Å². The second-order valence-corrected chi connectivity index (χ2v) is 13.9. The minimum atomic E-state index is -0.568. The fraction of sp³-hybridized carbons (Fsp3) is 0.125. The van der Waals surface area contributed by atoms with E-state index in [4.69, 9.17) is 0 Å². The Kier molecular flexibility index (Phi) is 6.82. The molecule has 2 atom stereocenters. The number of hydrogen-bond donors (Lipinski definition) is 0. The molecule has 1 heteroatoms. The number of anilines is 3. The fourth-order valence-corrected chi connectivity index (χ4v) is 8.36. The molecule has 1 nitrogen and oxygen atoms in total. The molecule has 0 fully saturated rings. The van der Waals surface area contributed by atoms with Gasteiger partial charge in [0.25, 0.3) is 0 Å². The summed E-state index contributed by atoms with van der Waals surface area (Å²) in [6.07, 6.45) is 9.62. The highest BCUT2D eigenvalue weighted by atomic mass is 15.1. The number of hydrogen-bond acceptors (Lipinski definition) is 1. The molecule has 49 heavy (non-hydrogen) atoms. The molecule has 0 saturated carbocycles. The van der Waals surface area contributed by atoms with Crippen LogP contribution in [0.25, 0.3) is 22.3 Å². The summed E-state index contributed by atoms with van der Waals surface area (Å²) in [5, 5.41) is 0. The lowest BCUT2D eigenvalue weighted by molar-refractivity contribution is 0.660. The van der Waals surface area contributed by atoms with E-state index in [1.54, 1.807) is 0 Å². The van der Waals surface area contributed by atoms with Gasteiger partial charge in [0, 0.05) is 28.4 Å². The van der Waals surface area contributed by atoms with Crippen LogP contribution in [0.2, 0.25) is 0 Å². The largest absolute Gasteiger partial charge is 0.310 e. The van der Waals surface area contributed by atoms with Crippen molar-refractivity contribution in [3.8, 4) is 34.1 Å². The fourth-order valence-electron chi connectivity index (χ4n) is 8.36. The molecule has 0 aromatic heterocycles. The molecule has 0 saturated heterocycles. The summed E-state index contributed by atoms with van der Waals surface area (Å²) in [5.41, 5.74) is 14.4. The summed E-state index contributed by atoms with van der Waals surface area (Å²) in [6, 6.07) is 53.4. The van der Waals surface area contributed by atoms with Crippen molar-refractivity contribution < 1.29 is 0 Å². The van der Waals surface area contributed by atoms with E-state index >= 15 is 0 Å². The van der Waals surface area contributed by atoms with Crippen LogP contribution in [0.3, 0.4) is 0 Å². The number of para-hydroxylation sites is 1. The molecule has 234 valence electrons. The van der Waals surface area contributed by atoms with E-state index in [2.05, 4.69) is 200 Å². The molecule has 0 N–H and O–H groups in total. The Balaban J connectivity index is 1.24. The van der Waals surface area contributed by atoms with Crippen LogP contribution in [0.4, 0.5) is 17.1 Å². The van der Waals surface area contributed by atoms with E-state index in [-0.39, 0.29) is 11.3 Å². The summed E-state index contributed by atoms with van der Waals surface area (Å²) < 4.78 is 0. The quantitative estimate of drug-likeness (QED) is 0.176. The average Bonchev–Trinajstić information content (AvgIpc) is 3.57. The lowest BCUT2D eigenvalue weighted by Gasteiger charge is -2.30. The van der Waals surface area contributed by atoms with Crippen molar-refractivity contribution >= 4 is 17.1 Å². The Labute approximate surface area is 289 Å². The predicted octanol–water partition coefficient (Wildman–Crippen LogP) is 11.9. The Morgan fingerprint density at radius 1 is 0.531 bits per heavy atom. The third-order valence-electron chi connectivity index (χ3n) is 10.8. The van der Waals surface area contributed by atoms with Gasteiger partial charge < -0.3 is 4.90 Å². The minimum absolute atomic E-state index is 0.0849. The van der Waals surface area contributed by atoms with Gasteiger partial charge in [0.1, 0.15) is 5.41 Å². The molecule has 3 aliphatic rings. The van der Waals surface area contributed by atoms with Gasteiger partial charge in [-0.1, -0.05) is 159 Å². The molecule has 0 amide bonds. The number of rotatable bonds is 4. The zero-order valence-corrected chi connectivity index (χ0v) is 27.9. The molecule has 0 radical (unpaired) electrons. The molecular formula is C48H37N. The SMILES string of the molecule is CC1(C)c2ccccc2-c2ccc(N(c3ccccc3)c3ccc4c(c3)-c3ccccc3C4(C#CC3C=CC=CC3)c3ccccc3)cc21. The second-order valence-electron chi connectivity index (χ2n) is 13.9. The first-order valence-corrected chi connectivity index (χ1v) is 17.3. The molecular weight excluding hydrogens is 591 g/mol. The Hall–Kier alpha value is -5.84. The zero-order chi connectivity index (χ0) is 33.0. The predicted molar refractivity (Wildman–Crippen MR) is 205 cm³/mol. The molecule has 0 bridgehead atoms. The monoisotopic (exact) mass is 627 g/mol. The standard InChI is InChI=1S/C48H37N/c1-47(2)43-24-14-12-22-39(43)41-28-26-38(33-46(41)47)49(36-20-10-5-11-21-36)37-27-29-45-42(32-37)40-23-13-15-25-44(40)48(45,35-18-8-4-9-19-35)31-30-34-16-6-3-7-17-34/h3-16,18-29,32-34H,17H2,1-2H3. The van der Waals surface area contributed by atoms with Crippen molar-refractivity contribution in [2.75, 3.05) is 4.90 Å². The summed E-state index contributed by atoms with van der Waals surface area (Å²) in [4.78, 5) is 2.41. The molecule has 0 spiro atoms. The van der Waals surface area contributed by atoms with E-state index < -0.39 is 5.41 Å². The van der Waals surface area contributed by atoms with E-state index in [9.17, 15) is 0 Å².